The molecule has 3 heterocycles. The number of likely N-dealkylation sites (N-methyl/N-ethyl adjacent to an activating group) is 1. The van der Waals surface area contributed by atoms with Gasteiger partial charge in [0.1, 0.15) is 0 Å². The third-order valence-corrected chi connectivity index (χ3v) is 6.96. The number of hydrogen-bond acceptors (Lipinski definition) is 6. The number of fused-ring (bicyclic) bond motifs is 1. The van der Waals surface area contributed by atoms with Gasteiger partial charge in [0.05, 0.1) is 16.0 Å². The minimum absolute atomic E-state index is 0.0275. The first-order valence-corrected chi connectivity index (χ1v) is 11.3. The average Bonchev–Trinajstić information content (AvgIpc) is 3.45. The van der Waals surface area contributed by atoms with Crippen LogP contribution in [0.15, 0.2) is 41.1 Å². The number of nitrogens with zero attached hydrogens (tertiary/aromatic N) is 2. The Hall–Kier alpha value is -2.84. The van der Waals surface area contributed by atoms with E-state index in [2.05, 4.69) is 10.3 Å². The smallest absolute Gasteiger partial charge is 0.236 e. The number of hydrogen-bond donors (Lipinski definition) is 1. The lowest BCUT2D eigenvalue weighted by atomic mass is 9.85. The molecule has 0 radical (unpaired) electrons. The number of nitrogens with one attached hydrogen (secondary N) is 1. The van der Waals surface area contributed by atoms with Gasteiger partial charge in [-0.15, -0.1) is 22.7 Å². The number of ketones is 1. The molecule has 0 saturated heterocycles. The number of Topliss-reactive ketones (excluding diaryl/α,β-unsaturated/α-hetero) is 1. The van der Waals surface area contributed by atoms with Crippen molar-refractivity contribution in [3.63, 3.8) is 0 Å². The van der Waals surface area contributed by atoms with Crippen LogP contribution in [0, 0.1) is 0 Å². The van der Waals surface area contributed by atoms with Crippen molar-refractivity contribution in [1.29, 1.82) is 0 Å². The number of amides is 2. The van der Waals surface area contributed by atoms with Gasteiger partial charge in [-0.3, -0.25) is 14.4 Å². The fraction of sp³-hybridized carbons (Fsp3) is 0.273. The average molecular weight is 440 g/mol. The van der Waals surface area contributed by atoms with Crippen LogP contribution in [0.2, 0.25) is 0 Å². The molecule has 0 saturated carbocycles. The zero-order valence-electron chi connectivity index (χ0n) is 16.9. The number of thiazole rings is 1. The van der Waals surface area contributed by atoms with E-state index in [1.165, 1.54) is 22.7 Å². The number of aromatic nitrogens is 1. The standard InChI is InChI=1S/C22H21N3O3S2/c1-22(2)14-11-13(6-7-16(14)25(3)20(22)28)15-12-30-21(23-15)24-19(27)9-8-17(26)18-5-4-10-29-18/h4-7,10-12H,8-9H2,1-3H3,(H,23,24,27). The lowest BCUT2D eigenvalue weighted by Crippen LogP contribution is -2.33. The van der Waals surface area contributed by atoms with Gasteiger partial charge in [-0.2, -0.15) is 0 Å². The molecule has 0 fully saturated rings. The maximum atomic E-state index is 12.5. The van der Waals surface area contributed by atoms with Gasteiger partial charge in [-0.05, 0) is 43.0 Å². The second-order valence-electron chi connectivity index (χ2n) is 7.71. The monoisotopic (exact) mass is 439 g/mol. The summed E-state index contributed by atoms with van der Waals surface area (Å²) in [6.07, 6.45) is 0.291. The Kier molecular flexibility index (Phi) is 5.29. The molecule has 2 amide bonds. The Balaban J connectivity index is 1.44. The van der Waals surface area contributed by atoms with Crippen LogP contribution in [0.3, 0.4) is 0 Å². The third kappa shape index (κ3) is 3.68. The summed E-state index contributed by atoms with van der Waals surface area (Å²) in [5, 5.41) is 6.99. The first kappa shape index (κ1) is 20.4. The predicted octanol–water partition coefficient (Wildman–Crippen LogP) is 4.73. The van der Waals surface area contributed by atoms with E-state index in [0.717, 1.165) is 22.5 Å². The highest BCUT2D eigenvalue weighted by molar-refractivity contribution is 7.14. The molecule has 1 aromatic carbocycles. The Labute approximate surface area is 182 Å². The molecule has 0 spiro atoms. The van der Waals surface area contributed by atoms with Crippen LogP contribution in [0.4, 0.5) is 10.8 Å². The number of anilines is 2. The van der Waals surface area contributed by atoms with E-state index in [4.69, 9.17) is 0 Å². The maximum Gasteiger partial charge on any atom is 0.236 e. The van der Waals surface area contributed by atoms with Gasteiger partial charge in [0.2, 0.25) is 11.8 Å². The lowest BCUT2D eigenvalue weighted by Gasteiger charge is -2.16. The topological polar surface area (TPSA) is 79.4 Å². The van der Waals surface area contributed by atoms with Crippen molar-refractivity contribution in [2.75, 3.05) is 17.3 Å². The molecule has 30 heavy (non-hydrogen) atoms. The summed E-state index contributed by atoms with van der Waals surface area (Å²) in [4.78, 5) is 43.6. The SMILES string of the molecule is CN1C(=O)C(C)(C)c2cc(-c3csc(NC(=O)CCC(=O)c4cccs4)n3)ccc21. The normalized spacial score (nSPS) is 14.6. The Morgan fingerprint density at radius 3 is 2.70 bits per heavy atom. The molecule has 1 aliphatic heterocycles. The summed E-state index contributed by atoms with van der Waals surface area (Å²) < 4.78 is 0. The van der Waals surface area contributed by atoms with Crippen LogP contribution in [-0.2, 0) is 15.0 Å². The van der Waals surface area contributed by atoms with Gasteiger partial charge in [0, 0.05) is 36.5 Å². The molecule has 6 nitrogen and oxygen atoms in total. The zero-order chi connectivity index (χ0) is 21.5. The fourth-order valence-electron chi connectivity index (χ4n) is 3.57. The van der Waals surface area contributed by atoms with E-state index in [-0.39, 0.29) is 30.4 Å². The van der Waals surface area contributed by atoms with Gasteiger partial charge in [0.25, 0.3) is 0 Å². The number of rotatable bonds is 6. The molecule has 0 aliphatic carbocycles. The van der Waals surface area contributed by atoms with Crippen LogP contribution in [-0.4, -0.2) is 29.6 Å². The summed E-state index contributed by atoms with van der Waals surface area (Å²) in [5.74, 6) is -0.193. The molecule has 0 atom stereocenters. The molecule has 3 aromatic rings. The highest BCUT2D eigenvalue weighted by atomic mass is 32.1. The van der Waals surface area contributed by atoms with E-state index in [1.807, 2.05) is 48.9 Å². The Bertz CT molecular complexity index is 1130. The Morgan fingerprint density at radius 2 is 1.97 bits per heavy atom. The summed E-state index contributed by atoms with van der Waals surface area (Å²) in [7, 11) is 1.79. The number of benzene rings is 1. The zero-order valence-corrected chi connectivity index (χ0v) is 18.5. The number of carbonyl (C=O) groups excluding carboxylic acids is 3. The van der Waals surface area contributed by atoms with Crippen molar-refractivity contribution < 1.29 is 14.4 Å². The molecule has 8 heteroatoms. The van der Waals surface area contributed by atoms with Crippen molar-refractivity contribution in [2.24, 2.45) is 0 Å². The van der Waals surface area contributed by atoms with E-state index in [0.29, 0.717) is 10.0 Å². The van der Waals surface area contributed by atoms with Crippen LogP contribution in [0.25, 0.3) is 11.3 Å². The molecular weight excluding hydrogens is 418 g/mol. The van der Waals surface area contributed by atoms with Crippen molar-refractivity contribution in [1.82, 2.24) is 4.98 Å². The molecule has 0 bridgehead atoms. The van der Waals surface area contributed by atoms with Gasteiger partial charge in [-0.25, -0.2) is 4.98 Å². The van der Waals surface area contributed by atoms with Crippen LogP contribution in [0.1, 0.15) is 41.9 Å². The molecule has 1 N–H and O–H groups in total. The van der Waals surface area contributed by atoms with Gasteiger partial charge in [-0.1, -0.05) is 12.1 Å². The quantitative estimate of drug-likeness (QED) is 0.563. The van der Waals surface area contributed by atoms with Gasteiger partial charge >= 0.3 is 0 Å². The van der Waals surface area contributed by atoms with E-state index >= 15 is 0 Å². The fourth-order valence-corrected chi connectivity index (χ4v) is 5.00. The van der Waals surface area contributed by atoms with Crippen molar-refractivity contribution in [3.05, 3.63) is 51.5 Å². The minimum Gasteiger partial charge on any atom is -0.314 e. The molecule has 4 rings (SSSR count). The summed E-state index contributed by atoms with van der Waals surface area (Å²) in [5.41, 5.74) is 2.94. The van der Waals surface area contributed by atoms with E-state index in [1.54, 1.807) is 18.0 Å². The van der Waals surface area contributed by atoms with E-state index in [9.17, 15) is 14.4 Å². The van der Waals surface area contributed by atoms with Crippen LogP contribution >= 0.6 is 22.7 Å². The largest absolute Gasteiger partial charge is 0.314 e. The van der Waals surface area contributed by atoms with Gasteiger partial charge in [0.15, 0.2) is 10.9 Å². The highest BCUT2D eigenvalue weighted by Gasteiger charge is 2.42. The molecule has 1 aliphatic rings. The van der Waals surface area contributed by atoms with Crippen molar-refractivity contribution in [3.8, 4) is 11.3 Å². The lowest BCUT2D eigenvalue weighted by molar-refractivity contribution is -0.121. The second-order valence-corrected chi connectivity index (χ2v) is 9.51. The predicted molar refractivity (Wildman–Crippen MR) is 120 cm³/mol. The van der Waals surface area contributed by atoms with Crippen molar-refractivity contribution in [2.45, 2.75) is 32.1 Å². The van der Waals surface area contributed by atoms with Gasteiger partial charge < -0.3 is 10.2 Å². The summed E-state index contributed by atoms with van der Waals surface area (Å²) >= 11 is 2.72. The minimum atomic E-state index is -0.581. The first-order chi connectivity index (χ1) is 14.3. The van der Waals surface area contributed by atoms with Crippen LogP contribution in [0.5, 0.6) is 0 Å². The second kappa shape index (κ2) is 7.77. The van der Waals surface area contributed by atoms with E-state index < -0.39 is 5.41 Å². The molecular formula is C22H21N3O3S2. The Morgan fingerprint density at radius 1 is 1.17 bits per heavy atom. The third-order valence-electron chi connectivity index (χ3n) is 5.29. The van der Waals surface area contributed by atoms with Crippen molar-refractivity contribution >= 4 is 51.1 Å². The molecule has 2 aromatic heterocycles. The maximum absolute atomic E-state index is 12.5. The highest BCUT2D eigenvalue weighted by Crippen LogP contribution is 2.42. The number of carbonyl (C=O) groups is 3. The summed E-state index contributed by atoms with van der Waals surface area (Å²) in [6, 6.07) is 9.46. The summed E-state index contributed by atoms with van der Waals surface area (Å²) in [6.45, 7) is 3.84. The van der Waals surface area contributed by atoms with Crippen LogP contribution < -0.4 is 10.2 Å². The number of thiophene rings is 1. The first-order valence-electron chi connectivity index (χ1n) is 9.52. The molecule has 0 unspecified atom stereocenters. The molecule has 154 valence electrons.